The molecule has 14 heteroatoms. The van der Waals surface area contributed by atoms with Gasteiger partial charge in [-0.3, -0.25) is 0 Å². The van der Waals surface area contributed by atoms with Gasteiger partial charge in [-0.25, -0.2) is 8.78 Å². The molecule has 1 aromatic carbocycles. The fraction of sp³-hybridized carbons (Fsp3) is 0.500. The molecule has 0 radical (unpaired) electrons. The van der Waals surface area contributed by atoms with Crippen LogP contribution in [0.2, 0.25) is 0 Å². The summed E-state index contributed by atoms with van der Waals surface area (Å²) in [4.78, 5) is 0. The van der Waals surface area contributed by atoms with Crippen LogP contribution in [0.5, 0.6) is 0 Å². The minimum Gasteiger partial charge on any atom is -0.218 e. The van der Waals surface area contributed by atoms with Crippen LogP contribution in [0.15, 0.2) is 24.3 Å². The van der Waals surface area contributed by atoms with Crippen molar-refractivity contribution in [3.8, 4) is 0 Å². The number of hydrogen-bond donors (Lipinski definition) is 0. The Labute approximate surface area is 134 Å². The molecule has 0 bridgehead atoms. The van der Waals surface area contributed by atoms with E-state index < -0.39 is 53.2 Å². The third-order valence-corrected chi connectivity index (χ3v) is 3.22. The molecule has 1 aromatic rings. The number of benzene rings is 1. The molecule has 0 fully saturated rings. The van der Waals surface area contributed by atoms with E-state index in [0.29, 0.717) is 0 Å². The van der Waals surface area contributed by atoms with Gasteiger partial charge in [0.1, 0.15) is 0 Å². The van der Waals surface area contributed by atoms with Crippen LogP contribution in [0.1, 0.15) is 11.1 Å². The van der Waals surface area contributed by atoms with Gasteiger partial charge in [-0.05, 0) is 6.07 Å². The van der Waals surface area contributed by atoms with Crippen LogP contribution in [0.25, 0.3) is 0 Å². The molecular weight excluding hydrogens is 410 g/mol. The second kappa shape index (κ2) is 5.87. The van der Waals surface area contributed by atoms with Crippen molar-refractivity contribution in [3.63, 3.8) is 0 Å². The SMILES string of the molecule is FC(F)(F)C(F)(c1cccc(C(F)(C(F)(F)F)C(F)(F)F)c1)C(F)(F)F. The Morgan fingerprint density at radius 3 is 0.846 bits per heavy atom. The number of hydrogen-bond acceptors (Lipinski definition) is 0. The van der Waals surface area contributed by atoms with Crippen molar-refractivity contribution in [2.75, 3.05) is 0 Å². The van der Waals surface area contributed by atoms with Gasteiger partial charge in [0.2, 0.25) is 0 Å². The zero-order valence-electron chi connectivity index (χ0n) is 11.6. The van der Waals surface area contributed by atoms with Crippen LogP contribution < -0.4 is 0 Å². The molecule has 1 rings (SSSR count). The molecule has 0 atom stereocenters. The molecule has 0 aliphatic heterocycles. The normalized spacial score (nSPS) is 15.3. The van der Waals surface area contributed by atoms with E-state index in [1.807, 2.05) is 0 Å². The summed E-state index contributed by atoms with van der Waals surface area (Å²) in [6.07, 6.45) is -27.2. The maximum Gasteiger partial charge on any atom is 0.435 e. The Bertz CT molecular complexity index is 562. The summed E-state index contributed by atoms with van der Waals surface area (Å²) < 4.78 is 178. The fourth-order valence-corrected chi connectivity index (χ4v) is 1.92. The van der Waals surface area contributed by atoms with Gasteiger partial charge in [0.15, 0.2) is 0 Å². The van der Waals surface area contributed by atoms with Crippen molar-refractivity contribution in [3.05, 3.63) is 35.4 Å². The first-order valence-electron chi connectivity index (χ1n) is 5.97. The second-order valence-corrected chi connectivity index (χ2v) is 4.89. The maximum atomic E-state index is 13.8. The summed E-state index contributed by atoms with van der Waals surface area (Å²) in [5, 5.41) is 0. The molecule has 0 heterocycles. The lowest BCUT2D eigenvalue weighted by Crippen LogP contribution is -2.52. The molecule has 150 valence electrons. The van der Waals surface area contributed by atoms with Crippen LogP contribution in [0, 0.1) is 0 Å². The molecule has 0 aliphatic carbocycles. The molecule has 0 N–H and O–H groups in total. The summed E-state index contributed by atoms with van der Waals surface area (Å²) >= 11 is 0. The van der Waals surface area contributed by atoms with E-state index in [0.717, 1.165) is 0 Å². The summed E-state index contributed by atoms with van der Waals surface area (Å²) in [6, 6.07) is -2.03. The minimum atomic E-state index is -6.81. The Hall–Kier alpha value is -1.76. The predicted octanol–water partition coefficient (Wildman–Crippen LogP) is 6.27. The molecular formula is C12H4F14. The van der Waals surface area contributed by atoms with Crippen LogP contribution >= 0.6 is 0 Å². The second-order valence-electron chi connectivity index (χ2n) is 4.89. The first-order chi connectivity index (χ1) is 11.2. The van der Waals surface area contributed by atoms with Crippen molar-refractivity contribution < 1.29 is 61.5 Å². The molecule has 0 spiro atoms. The van der Waals surface area contributed by atoms with Crippen molar-refractivity contribution in [1.29, 1.82) is 0 Å². The van der Waals surface area contributed by atoms with Crippen molar-refractivity contribution in [1.82, 2.24) is 0 Å². The smallest absolute Gasteiger partial charge is 0.218 e. The van der Waals surface area contributed by atoms with Crippen LogP contribution in [0.4, 0.5) is 61.5 Å². The number of alkyl halides is 14. The monoisotopic (exact) mass is 414 g/mol. The first-order valence-corrected chi connectivity index (χ1v) is 5.97. The molecule has 0 saturated carbocycles. The average Bonchev–Trinajstić information content (AvgIpc) is 2.40. The molecule has 0 nitrogen and oxygen atoms in total. The molecule has 26 heavy (non-hydrogen) atoms. The number of halogens is 14. The van der Waals surface area contributed by atoms with Crippen molar-refractivity contribution >= 4 is 0 Å². The maximum absolute atomic E-state index is 13.8. The summed E-state index contributed by atoms with van der Waals surface area (Å²) in [6.45, 7) is 0. The van der Waals surface area contributed by atoms with Gasteiger partial charge in [0, 0.05) is 11.1 Å². The standard InChI is InChI=1S/C12H4F14/c13-7(9(15,16)17,10(18,19)20)5-2-1-3-6(4-5)8(14,11(21,22)23)12(24,25)26/h1-4H. The lowest BCUT2D eigenvalue weighted by atomic mass is 9.87. The van der Waals surface area contributed by atoms with Crippen molar-refractivity contribution in [2.45, 2.75) is 36.0 Å². The molecule has 0 aliphatic rings. The molecule has 0 aromatic heterocycles. The van der Waals surface area contributed by atoms with Crippen LogP contribution in [-0.4, -0.2) is 24.7 Å². The Morgan fingerprint density at radius 2 is 0.654 bits per heavy atom. The first kappa shape index (κ1) is 22.3. The predicted molar refractivity (Wildman–Crippen MR) is 56.2 cm³/mol. The summed E-state index contributed by atoms with van der Waals surface area (Å²) in [7, 11) is 0. The average molecular weight is 414 g/mol. The molecule has 0 saturated heterocycles. The minimum absolute atomic E-state index is 0.192. The van der Waals surface area contributed by atoms with E-state index in [-0.39, 0.29) is 18.2 Å². The molecule has 0 unspecified atom stereocenters. The Balaban J connectivity index is 3.80. The van der Waals surface area contributed by atoms with E-state index in [9.17, 15) is 61.5 Å². The Morgan fingerprint density at radius 1 is 0.423 bits per heavy atom. The summed E-state index contributed by atoms with van der Waals surface area (Å²) in [5.74, 6) is 0. The van der Waals surface area contributed by atoms with Gasteiger partial charge in [0.25, 0.3) is 0 Å². The number of rotatable bonds is 2. The largest absolute Gasteiger partial charge is 0.435 e. The van der Waals surface area contributed by atoms with E-state index in [1.165, 1.54) is 0 Å². The fourth-order valence-electron chi connectivity index (χ4n) is 1.92. The Kier molecular flexibility index (Phi) is 5.03. The third kappa shape index (κ3) is 3.17. The van der Waals surface area contributed by atoms with Gasteiger partial charge >= 0.3 is 36.0 Å². The van der Waals surface area contributed by atoms with Gasteiger partial charge < -0.3 is 0 Å². The quantitative estimate of drug-likeness (QED) is 0.501. The third-order valence-electron chi connectivity index (χ3n) is 3.22. The lowest BCUT2D eigenvalue weighted by Gasteiger charge is -2.33. The highest BCUT2D eigenvalue weighted by Crippen LogP contribution is 2.56. The van der Waals surface area contributed by atoms with Gasteiger partial charge in [-0.15, -0.1) is 0 Å². The van der Waals surface area contributed by atoms with E-state index in [1.54, 1.807) is 0 Å². The highest BCUT2D eigenvalue weighted by Gasteiger charge is 2.76. The molecule has 0 amide bonds. The van der Waals surface area contributed by atoms with Gasteiger partial charge in [-0.1, -0.05) is 18.2 Å². The zero-order valence-corrected chi connectivity index (χ0v) is 11.6. The van der Waals surface area contributed by atoms with Gasteiger partial charge in [0.05, 0.1) is 0 Å². The highest BCUT2D eigenvalue weighted by molar-refractivity contribution is 5.36. The van der Waals surface area contributed by atoms with E-state index in [2.05, 4.69) is 0 Å². The van der Waals surface area contributed by atoms with Crippen LogP contribution in [-0.2, 0) is 11.3 Å². The zero-order chi connectivity index (χ0) is 21.0. The lowest BCUT2D eigenvalue weighted by molar-refractivity contribution is -0.350. The van der Waals surface area contributed by atoms with E-state index >= 15 is 0 Å². The highest BCUT2D eigenvalue weighted by atomic mass is 19.4. The van der Waals surface area contributed by atoms with Crippen molar-refractivity contribution in [2.24, 2.45) is 0 Å². The van der Waals surface area contributed by atoms with Crippen LogP contribution in [0.3, 0.4) is 0 Å². The van der Waals surface area contributed by atoms with Gasteiger partial charge in [-0.2, -0.15) is 52.7 Å². The van der Waals surface area contributed by atoms with E-state index in [4.69, 9.17) is 0 Å². The topological polar surface area (TPSA) is 0 Å². The summed E-state index contributed by atoms with van der Waals surface area (Å²) in [5.41, 5.74) is -18.0.